The number of aromatic nitrogens is 2. The highest BCUT2D eigenvalue weighted by molar-refractivity contribution is 6.31. The van der Waals surface area contributed by atoms with Crippen LogP contribution in [-0.2, 0) is 0 Å². The Bertz CT molecular complexity index is 1110. The van der Waals surface area contributed by atoms with E-state index in [1.165, 1.54) is 11.0 Å². The van der Waals surface area contributed by atoms with Crippen molar-refractivity contribution in [3.8, 4) is 5.75 Å². The molecule has 1 aromatic heterocycles. The third-order valence-corrected chi connectivity index (χ3v) is 6.96. The molecule has 0 radical (unpaired) electrons. The molecule has 2 saturated heterocycles. The van der Waals surface area contributed by atoms with Crippen molar-refractivity contribution in [3.05, 3.63) is 51.8 Å². The van der Waals surface area contributed by atoms with Gasteiger partial charge in [0.2, 0.25) is 0 Å². The van der Waals surface area contributed by atoms with Crippen LogP contribution in [0.5, 0.6) is 5.75 Å². The van der Waals surface area contributed by atoms with Crippen molar-refractivity contribution in [3.63, 3.8) is 0 Å². The third kappa shape index (κ3) is 5.44. The van der Waals surface area contributed by atoms with Gasteiger partial charge in [-0.3, -0.25) is 9.69 Å². The van der Waals surface area contributed by atoms with Crippen LogP contribution in [0.4, 0.5) is 8.78 Å². The van der Waals surface area contributed by atoms with Gasteiger partial charge in [0.25, 0.3) is 5.91 Å². The molecule has 3 heterocycles. The molecule has 4 rings (SSSR count). The average Bonchev–Trinajstić information content (AvgIpc) is 3.20. The Morgan fingerprint density at radius 3 is 2.66 bits per heavy atom. The number of carbonyl (C=O) groups excluding carboxylic acids is 1. The zero-order valence-corrected chi connectivity index (χ0v) is 20.4. The lowest BCUT2D eigenvalue weighted by atomic mass is 10.1. The van der Waals surface area contributed by atoms with Crippen LogP contribution in [-0.4, -0.2) is 88.1 Å². The van der Waals surface area contributed by atoms with E-state index in [-0.39, 0.29) is 43.3 Å². The first-order chi connectivity index (χ1) is 16.7. The molecule has 2 aliphatic heterocycles. The lowest BCUT2D eigenvalue weighted by molar-refractivity contribution is 0.0159. The van der Waals surface area contributed by atoms with Crippen molar-refractivity contribution < 1.29 is 23.4 Å². The number of nitrogens with one attached hydrogen (secondary N) is 1. The number of nitrogens with zero attached hydrogens (tertiary/aromatic N) is 4. The van der Waals surface area contributed by atoms with Crippen LogP contribution in [0.2, 0.25) is 5.02 Å². The number of hydrogen-bond acceptors (Lipinski definition) is 7. The Morgan fingerprint density at radius 2 is 2.00 bits per heavy atom. The number of piperidine rings is 1. The second-order valence-electron chi connectivity index (χ2n) is 8.96. The molecule has 188 valence electrons. The second kappa shape index (κ2) is 10.5. The van der Waals surface area contributed by atoms with Crippen LogP contribution >= 0.6 is 11.6 Å². The van der Waals surface area contributed by atoms with Crippen LogP contribution in [0, 0.1) is 25.1 Å². The monoisotopic (exact) mass is 507 g/mol. The van der Waals surface area contributed by atoms with Crippen LogP contribution < -0.4 is 4.74 Å². The standard InChI is InChI=1S/C24H28ClF2N5O3/c1-13-22(25)14(2)30-23(29-13)17-10-32(12-19(17)28)24(34)16-4-3-15(26)9-21(16)35-20-5-6-31(7-8-33)11-18(20)27/h3-4,9,17-18,20,28,33H,5-8,10-12H2,1-2H3. The second-order valence-corrected chi connectivity index (χ2v) is 9.33. The molecule has 35 heavy (non-hydrogen) atoms. The number of rotatable bonds is 6. The minimum absolute atomic E-state index is 0.0253. The lowest BCUT2D eigenvalue weighted by Crippen LogP contribution is -2.47. The first kappa shape index (κ1) is 25.4. The Hall–Kier alpha value is -2.69. The summed E-state index contributed by atoms with van der Waals surface area (Å²) in [4.78, 5) is 25.5. The number of benzene rings is 1. The van der Waals surface area contributed by atoms with Gasteiger partial charge < -0.3 is 20.2 Å². The van der Waals surface area contributed by atoms with Gasteiger partial charge in [-0.15, -0.1) is 0 Å². The zero-order chi connectivity index (χ0) is 25.3. The van der Waals surface area contributed by atoms with E-state index in [1.807, 2.05) is 0 Å². The predicted molar refractivity (Wildman–Crippen MR) is 127 cm³/mol. The van der Waals surface area contributed by atoms with E-state index in [2.05, 4.69) is 9.97 Å². The van der Waals surface area contributed by atoms with Crippen molar-refractivity contribution in [2.24, 2.45) is 0 Å². The summed E-state index contributed by atoms with van der Waals surface area (Å²) in [6.45, 7) is 4.69. The summed E-state index contributed by atoms with van der Waals surface area (Å²) in [6, 6.07) is 3.57. The van der Waals surface area contributed by atoms with Gasteiger partial charge in [0, 0.05) is 38.0 Å². The fourth-order valence-corrected chi connectivity index (χ4v) is 4.60. The molecule has 0 bridgehead atoms. The molecule has 1 aromatic carbocycles. The summed E-state index contributed by atoms with van der Waals surface area (Å²) >= 11 is 6.17. The Balaban J connectivity index is 1.52. The number of β-amino-alcohol motifs (C(OH)–C–C–N with tert-alkyl or cyclic N) is 1. The van der Waals surface area contributed by atoms with Crippen molar-refractivity contribution >= 4 is 23.2 Å². The summed E-state index contributed by atoms with van der Waals surface area (Å²) in [5.41, 5.74) is 1.59. The number of carbonyl (C=O) groups is 1. The fraction of sp³-hybridized carbons (Fsp3) is 0.500. The largest absolute Gasteiger partial charge is 0.486 e. The van der Waals surface area contributed by atoms with E-state index in [0.717, 1.165) is 12.1 Å². The number of ether oxygens (including phenoxy) is 1. The van der Waals surface area contributed by atoms with E-state index in [1.54, 1.807) is 18.7 Å². The highest BCUT2D eigenvalue weighted by Gasteiger charge is 2.37. The maximum absolute atomic E-state index is 14.7. The average molecular weight is 508 g/mol. The Kier molecular flexibility index (Phi) is 7.63. The number of halogens is 3. The number of alkyl halides is 1. The van der Waals surface area contributed by atoms with Crippen LogP contribution in [0.15, 0.2) is 18.2 Å². The number of likely N-dealkylation sites (tertiary alicyclic amines) is 2. The number of aliphatic hydroxyl groups excluding tert-OH is 1. The molecule has 0 spiro atoms. The summed E-state index contributed by atoms with van der Waals surface area (Å²) in [5, 5.41) is 18.0. The van der Waals surface area contributed by atoms with Gasteiger partial charge >= 0.3 is 0 Å². The SMILES string of the molecule is Cc1nc(C2CN(C(=O)c3ccc(F)cc3OC3CCN(CCO)CC3F)CC2=N)nc(C)c1Cl. The van der Waals surface area contributed by atoms with Crippen LogP contribution in [0.25, 0.3) is 0 Å². The number of aryl methyl sites for hydroxylation is 2. The zero-order valence-electron chi connectivity index (χ0n) is 19.6. The van der Waals surface area contributed by atoms with E-state index in [0.29, 0.717) is 41.7 Å². The van der Waals surface area contributed by atoms with E-state index >= 15 is 0 Å². The molecule has 2 aliphatic rings. The van der Waals surface area contributed by atoms with Crippen molar-refractivity contribution in [2.45, 2.75) is 38.5 Å². The molecule has 8 nitrogen and oxygen atoms in total. The number of hydrogen-bond donors (Lipinski definition) is 2. The summed E-state index contributed by atoms with van der Waals surface area (Å²) in [6.07, 6.45) is -1.84. The number of aliphatic hydroxyl groups is 1. The van der Waals surface area contributed by atoms with Crippen molar-refractivity contribution in [2.75, 3.05) is 39.3 Å². The molecule has 3 unspecified atom stereocenters. The molecular weight excluding hydrogens is 480 g/mol. The van der Waals surface area contributed by atoms with Crippen molar-refractivity contribution in [1.29, 1.82) is 5.41 Å². The molecule has 1 amide bonds. The predicted octanol–water partition coefficient (Wildman–Crippen LogP) is 2.93. The molecule has 2 fully saturated rings. The van der Waals surface area contributed by atoms with Gasteiger partial charge in [0.1, 0.15) is 29.7 Å². The molecule has 11 heteroatoms. The van der Waals surface area contributed by atoms with Crippen LogP contribution in [0.1, 0.15) is 39.9 Å². The van der Waals surface area contributed by atoms with Gasteiger partial charge in [-0.2, -0.15) is 0 Å². The molecule has 2 N–H and O–H groups in total. The van der Waals surface area contributed by atoms with E-state index in [4.69, 9.17) is 26.9 Å². The molecule has 2 aromatic rings. The highest BCUT2D eigenvalue weighted by atomic mass is 35.5. The lowest BCUT2D eigenvalue weighted by Gasteiger charge is -2.34. The normalized spacial score (nSPS) is 23.1. The van der Waals surface area contributed by atoms with Gasteiger partial charge in [-0.05, 0) is 32.4 Å². The van der Waals surface area contributed by atoms with Gasteiger partial charge in [0.15, 0.2) is 0 Å². The number of amides is 1. The van der Waals surface area contributed by atoms with Gasteiger partial charge in [0.05, 0.1) is 41.0 Å². The maximum atomic E-state index is 14.7. The van der Waals surface area contributed by atoms with E-state index in [9.17, 15) is 13.6 Å². The van der Waals surface area contributed by atoms with Crippen LogP contribution in [0.3, 0.4) is 0 Å². The minimum Gasteiger partial charge on any atom is -0.486 e. The van der Waals surface area contributed by atoms with Gasteiger partial charge in [-0.25, -0.2) is 18.7 Å². The molecule has 3 atom stereocenters. The molecule has 0 saturated carbocycles. The van der Waals surface area contributed by atoms with E-state index < -0.39 is 29.9 Å². The summed E-state index contributed by atoms with van der Waals surface area (Å²) in [7, 11) is 0. The summed E-state index contributed by atoms with van der Waals surface area (Å²) < 4.78 is 34.6. The fourth-order valence-electron chi connectivity index (χ4n) is 4.51. The maximum Gasteiger partial charge on any atom is 0.257 e. The first-order valence-electron chi connectivity index (χ1n) is 11.5. The Morgan fingerprint density at radius 1 is 1.29 bits per heavy atom. The van der Waals surface area contributed by atoms with Crippen molar-refractivity contribution in [1.82, 2.24) is 19.8 Å². The summed E-state index contributed by atoms with van der Waals surface area (Å²) in [5.74, 6) is -1.12. The third-order valence-electron chi connectivity index (χ3n) is 6.42. The smallest absolute Gasteiger partial charge is 0.257 e. The quantitative estimate of drug-likeness (QED) is 0.623. The first-order valence-corrected chi connectivity index (χ1v) is 11.9. The van der Waals surface area contributed by atoms with Gasteiger partial charge in [-0.1, -0.05) is 11.6 Å². The highest BCUT2D eigenvalue weighted by Crippen LogP contribution is 2.30. The minimum atomic E-state index is -1.35. The topological polar surface area (TPSA) is 103 Å². The molecule has 0 aliphatic carbocycles. The Labute approximate surface area is 207 Å². The molecular formula is C24H28ClF2N5O3.